The molecule has 0 atom stereocenters. The van der Waals surface area contributed by atoms with Crippen molar-refractivity contribution in [2.24, 2.45) is 0 Å². The Morgan fingerprint density at radius 2 is 2.05 bits per heavy atom. The van der Waals surface area contributed by atoms with Crippen molar-refractivity contribution in [2.45, 2.75) is 33.1 Å². The Kier molecular flexibility index (Phi) is 5.41. The van der Waals surface area contributed by atoms with Crippen LogP contribution >= 0.6 is 0 Å². The summed E-state index contributed by atoms with van der Waals surface area (Å²) in [5.74, 6) is 0.470. The Bertz CT molecular complexity index is 695. The molecular weight excluding hydrogens is 280 g/mol. The largest absolute Gasteiger partial charge is 0.355 e. The van der Waals surface area contributed by atoms with Gasteiger partial charge in [-0.15, -0.1) is 0 Å². The second-order valence-electron chi connectivity index (χ2n) is 5.06. The first-order valence-electron chi connectivity index (χ1n) is 7.34. The molecule has 22 heavy (non-hydrogen) atoms. The van der Waals surface area contributed by atoms with Gasteiger partial charge in [-0.1, -0.05) is 6.92 Å². The van der Waals surface area contributed by atoms with E-state index >= 15 is 0 Å². The molecule has 2 heterocycles. The van der Waals surface area contributed by atoms with Crippen molar-refractivity contribution in [3.63, 3.8) is 0 Å². The molecule has 1 amide bonds. The second-order valence-corrected chi connectivity index (χ2v) is 5.06. The Hall–Kier alpha value is -2.50. The quantitative estimate of drug-likeness (QED) is 0.831. The molecule has 0 fully saturated rings. The lowest BCUT2D eigenvalue weighted by Gasteiger charge is -2.07. The maximum Gasteiger partial charge on any atom is 0.254 e. The highest BCUT2D eigenvalue weighted by Crippen LogP contribution is 2.01. The van der Waals surface area contributed by atoms with Crippen LogP contribution in [0.2, 0.25) is 0 Å². The van der Waals surface area contributed by atoms with Crippen LogP contribution in [-0.4, -0.2) is 27.4 Å². The van der Waals surface area contributed by atoms with Gasteiger partial charge in [-0.2, -0.15) is 0 Å². The lowest BCUT2D eigenvalue weighted by molar-refractivity contribution is -0.120. The van der Waals surface area contributed by atoms with Gasteiger partial charge < -0.3 is 10.3 Å². The molecule has 0 unspecified atom stereocenters. The zero-order chi connectivity index (χ0) is 15.9. The number of H-pyrrole nitrogens is 1. The monoisotopic (exact) mass is 300 g/mol. The molecule has 2 aromatic heterocycles. The van der Waals surface area contributed by atoms with Crippen molar-refractivity contribution >= 4 is 5.91 Å². The maximum absolute atomic E-state index is 12.0. The van der Waals surface area contributed by atoms with Crippen LogP contribution in [0.4, 0.5) is 0 Å². The number of carbonyl (C=O) groups excluding carboxylic acids is 1. The van der Waals surface area contributed by atoms with Crippen molar-refractivity contribution in [2.75, 3.05) is 6.54 Å². The number of carbonyl (C=O) groups is 1. The number of hydrogen-bond acceptors (Lipinski definition) is 4. The lowest BCUT2D eigenvalue weighted by Crippen LogP contribution is -2.30. The fourth-order valence-corrected chi connectivity index (χ4v) is 2.16. The minimum Gasteiger partial charge on any atom is -0.355 e. The maximum atomic E-state index is 12.0. The van der Waals surface area contributed by atoms with Gasteiger partial charge in [0.2, 0.25) is 5.91 Å². The second kappa shape index (κ2) is 7.49. The molecule has 2 N–H and O–H groups in total. The number of amides is 1. The highest BCUT2D eigenvalue weighted by atomic mass is 16.2. The van der Waals surface area contributed by atoms with Crippen molar-refractivity contribution in [1.29, 1.82) is 0 Å². The van der Waals surface area contributed by atoms with E-state index < -0.39 is 0 Å². The molecule has 0 aliphatic carbocycles. The molecular formula is C16H20N4O2. The van der Waals surface area contributed by atoms with Crippen LogP contribution < -0.4 is 10.9 Å². The summed E-state index contributed by atoms with van der Waals surface area (Å²) in [4.78, 5) is 34.9. The number of hydrogen-bond donors (Lipinski definition) is 2. The minimum absolute atomic E-state index is 0.0501. The van der Waals surface area contributed by atoms with Crippen molar-refractivity contribution < 1.29 is 4.79 Å². The van der Waals surface area contributed by atoms with Crippen LogP contribution in [0, 0.1) is 6.92 Å². The highest BCUT2D eigenvalue weighted by Gasteiger charge is 2.12. The summed E-state index contributed by atoms with van der Waals surface area (Å²) in [5, 5.41) is 2.82. The van der Waals surface area contributed by atoms with Gasteiger partial charge in [-0.3, -0.25) is 14.6 Å². The molecule has 0 saturated heterocycles. The van der Waals surface area contributed by atoms with Gasteiger partial charge in [0.1, 0.15) is 5.82 Å². The topological polar surface area (TPSA) is 87.7 Å². The SMILES string of the molecule is CCc1nc(C)c(CC(=O)NCCc2ccncc2)c(=O)[nH]1. The van der Waals surface area contributed by atoms with Crippen LogP contribution in [0.3, 0.4) is 0 Å². The van der Waals surface area contributed by atoms with Crippen LogP contribution in [0.25, 0.3) is 0 Å². The third-order valence-corrected chi connectivity index (χ3v) is 3.43. The van der Waals surface area contributed by atoms with Crippen molar-refractivity contribution in [3.8, 4) is 0 Å². The molecule has 116 valence electrons. The number of pyridine rings is 1. The van der Waals surface area contributed by atoms with Crippen molar-refractivity contribution in [1.82, 2.24) is 20.3 Å². The average Bonchev–Trinajstić information content (AvgIpc) is 2.51. The fraction of sp³-hybridized carbons (Fsp3) is 0.375. The van der Waals surface area contributed by atoms with E-state index in [0.717, 1.165) is 12.0 Å². The summed E-state index contributed by atoms with van der Waals surface area (Å²) < 4.78 is 0. The first kappa shape index (κ1) is 15.9. The number of rotatable bonds is 6. The first-order valence-corrected chi connectivity index (χ1v) is 7.34. The molecule has 2 rings (SSSR count). The van der Waals surface area contributed by atoms with E-state index in [2.05, 4.69) is 20.3 Å². The van der Waals surface area contributed by atoms with E-state index in [1.54, 1.807) is 19.3 Å². The summed E-state index contributed by atoms with van der Waals surface area (Å²) >= 11 is 0. The van der Waals surface area contributed by atoms with E-state index in [9.17, 15) is 9.59 Å². The molecule has 0 aromatic carbocycles. The molecule has 0 spiro atoms. The van der Waals surface area contributed by atoms with E-state index in [-0.39, 0.29) is 17.9 Å². The highest BCUT2D eigenvalue weighted by molar-refractivity contribution is 5.78. The van der Waals surface area contributed by atoms with Crippen LogP contribution in [0.1, 0.15) is 29.6 Å². The zero-order valence-electron chi connectivity index (χ0n) is 12.8. The smallest absolute Gasteiger partial charge is 0.254 e. The number of nitrogens with one attached hydrogen (secondary N) is 2. The van der Waals surface area contributed by atoms with Crippen LogP contribution in [0.5, 0.6) is 0 Å². The number of nitrogens with zero attached hydrogens (tertiary/aromatic N) is 2. The summed E-state index contributed by atoms with van der Waals surface area (Å²) in [6, 6.07) is 3.82. The molecule has 6 heteroatoms. The van der Waals surface area contributed by atoms with Gasteiger partial charge in [0.25, 0.3) is 5.56 Å². The van der Waals surface area contributed by atoms with Gasteiger partial charge in [0.05, 0.1) is 6.42 Å². The number of aromatic amines is 1. The number of aryl methyl sites for hydroxylation is 2. The fourth-order valence-electron chi connectivity index (χ4n) is 2.16. The third kappa shape index (κ3) is 4.25. The van der Waals surface area contributed by atoms with E-state index in [1.807, 2.05) is 19.1 Å². The minimum atomic E-state index is -0.228. The average molecular weight is 300 g/mol. The van der Waals surface area contributed by atoms with Gasteiger partial charge in [0, 0.05) is 36.6 Å². The van der Waals surface area contributed by atoms with Crippen LogP contribution in [0.15, 0.2) is 29.3 Å². The standard InChI is InChI=1S/C16H20N4O2/c1-3-14-19-11(2)13(16(22)20-14)10-15(21)18-9-6-12-4-7-17-8-5-12/h4-5,7-8H,3,6,9-10H2,1-2H3,(H,18,21)(H,19,20,22). The third-order valence-electron chi connectivity index (χ3n) is 3.43. The summed E-state index contributed by atoms with van der Waals surface area (Å²) in [6.07, 6.45) is 4.89. The zero-order valence-corrected chi connectivity index (χ0v) is 12.8. The summed E-state index contributed by atoms with van der Waals surface area (Å²) in [5.41, 5.74) is 1.93. The molecule has 0 aliphatic rings. The van der Waals surface area contributed by atoms with Gasteiger partial charge >= 0.3 is 0 Å². The predicted molar refractivity (Wildman–Crippen MR) is 83.6 cm³/mol. The van der Waals surface area contributed by atoms with Gasteiger partial charge in [-0.05, 0) is 31.0 Å². The Labute approximate surface area is 129 Å². The predicted octanol–water partition coefficient (Wildman–Crippen LogP) is 0.937. The summed E-state index contributed by atoms with van der Waals surface area (Å²) in [6.45, 7) is 4.21. The number of aromatic nitrogens is 3. The Balaban J connectivity index is 1.91. The molecule has 2 aromatic rings. The van der Waals surface area contributed by atoms with E-state index in [1.165, 1.54) is 0 Å². The first-order chi connectivity index (χ1) is 10.6. The Morgan fingerprint density at radius 3 is 2.68 bits per heavy atom. The normalized spacial score (nSPS) is 10.5. The van der Waals surface area contributed by atoms with E-state index in [4.69, 9.17) is 0 Å². The van der Waals surface area contributed by atoms with Crippen molar-refractivity contribution in [3.05, 3.63) is 57.5 Å². The molecule has 0 bridgehead atoms. The molecule has 0 saturated carbocycles. The molecule has 0 aliphatic heterocycles. The van der Waals surface area contributed by atoms with E-state index in [0.29, 0.717) is 30.0 Å². The lowest BCUT2D eigenvalue weighted by atomic mass is 10.1. The molecule has 0 radical (unpaired) electrons. The summed E-state index contributed by atoms with van der Waals surface area (Å²) in [7, 11) is 0. The van der Waals surface area contributed by atoms with Gasteiger partial charge in [0.15, 0.2) is 0 Å². The Morgan fingerprint density at radius 1 is 1.32 bits per heavy atom. The molecule has 6 nitrogen and oxygen atoms in total. The van der Waals surface area contributed by atoms with Gasteiger partial charge in [-0.25, -0.2) is 4.98 Å². The van der Waals surface area contributed by atoms with Crippen LogP contribution in [-0.2, 0) is 24.1 Å².